The lowest BCUT2D eigenvalue weighted by Gasteiger charge is -2.35. The van der Waals surface area contributed by atoms with Gasteiger partial charge in [0, 0.05) is 50.3 Å². The summed E-state index contributed by atoms with van der Waals surface area (Å²) in [6.45, 7) is 3.56. The van der Waals surface area contributed by atoms with Gasteiger partial charge in [-0.05, 0) is 30.9 Å². The molecule has 2 fully saturated rings. The van der Waals surface area contributed by atoms with Gasteiger partial charge in [0.25, 0.3) is 5.69 Å². The molecular formula is C21H27N5O4. The van der Waals surface area contributed by atoms with Crippen molar-refractivity contribution in [2.75, 3.05) is 26.2 Å². The van der Waals surface area contributed by atoms with E-state index in [1.165, 1.54) is 44.2 Å². The molecule has 1 aliphatic heterocycles. The minimum absolute atomic E-state index is 0.0226. The number of non-ortho nitro benzene ring substituents is 1. The second-order valence-corrected chi connectivity index (χ2v) is 8.17. The Bertz CT molecular complexity index is 868. The van der Waals surface area contributed by atoms with Crippen molar-refractivity contribution in [3.05, 3.63) is 40.3 Å². The van der Waals surface area contributed by atoms with Gasteiger partial charge in [0.15, 0.2) is 0 Å². The summed E-state index contributed by atoms with van der Waals surface area (Å²) in [7, 11) is 0. The van der Waals surface area contributed by atoms with Crippen molar-refractivity contribution in [3.8, 4) is 11.5 Å². The highest BCUT2D eigenvalue weighted by Crippen LogP contribution is 2.27. The Kier molecular flexibility index (Phi) is 6.37. The zero-order valence-electron chi connectivity index (χ0n) is 17.0. The fraction of sp³-hybridized carbons (Fsp3) is 0.571. The van der Waals surface area contributed by atoms with Crippen LogP contribution in [0.5, 0.6) is 0 Å². The highest BCUT2D eigenvalue weighted by Gasteiger charge is 2.25. The Morgan fingerprint density at radius 2 is 1.77 bits per heavy atom. The highest BCUT2D eigenvalue weighted by atomic mass is 16.6. The number of nitrogens with zero attached hydrogens (tertiary/aromatic N) is 5. The molecule has 1 amide bonds. The molecule has 2 aliphatic rings. The molecule has 0 spiro atoms. The third kappa shape index (κ3) is 5.02. The minimum atomic E-state index is -0.442. The second-order valence-electron chi connectivity index (χ2n) is 8.17. The van der Waals surface area contributed by atoms with E-state index < -0.39 is 4.92 Å². The van der Waals surface area contributed by atoms with Gasteiger partial charge in [0.2, 0.25) is 17.7 Å². The first kappa shape index (κ1) is 20.5. The van der Waals surface area contributed by atoms with E-state index in [0.717, 1.165) is 26.2 Å². The SMILES string of the molecule is O=C(CC1CCCCC1)N1CCN(Cc2nnc(-c3ccc([N+](=O)[O-])cc3)o2)CC1. The Labute approximate surface area is 175 Å². The molecule has 160 valence electrons. The second kappa shape index (κ2) is 9.34. The zero-order valence-corrected chi connectivity index (χ0v) is 17.0. The van der Waals surface area contributed by atoms with Crippen molar-refractivity contribution in [2.24, 2.45) is 5.92 Å². The van der Waals surface area contributed by atoms with Crippen LogP contribution < -0.4 is 0 Å². The maximum absolute atomic E-state index is 12.6. The summed E-state index contributed by atoms with van der Waals surface area (Å²) in [5.74, 6) is 1.71. The van der Waals surface area contributed by atoms with E-state index in [9.17, 15) is 14.9 Å². The summed E-state index contributed by atoms with van der Waals surface area (Å²) in [5, 5.41) is 18.9. The van der Waals surface area contributed by atoms with Crippen LogP contribution >= 0.6 is 0 Å². The molecule has 1 saturated heterocycles. The van der Waals surface area contributed by atoms with Crippen molar-refractivity contribution < 1.29 is 14.1 Å². The first-order chi connectivity index (χ1) is 14.6. The molecule has 0 bridgehead atoms. The molecule has 30 heavy (non-hydrogen) atoms. The number of rotatable bonds is 6. The molecule has 1 saturated carbocycles. The van der Waals surface area contributed by atoms with Gasteiger partial charge in [-0.25, -0.2) is 0 Å². The molecule has 0 radical (unpaired) electrons. The Morgan fingerprint density at radius 1 is 1.07 bits per heavy atom. The molecule has 0 atom stereocenters. The quantitative estimate of drug-likeness (QED) is 0.528. The lowest BCUT2D eigenvalue weighted by Crippen LogP contribution is -2.48. The van der Waals surface area contributed by atoms with Crippen LogP contribution in [0.4, 0.5) is 5.69 Å². The van der Waals surface area contributed by atoms with E-state index in [0.29, 0.717) is 42.1 Å². The smallest absolute Gasteiger partial charge is 0.269 e. The summed E-state index contributed by atoms with van der Waals surface area (Å²) < 4.78 is 5.73. The van der Waals surface area contributed by atoms with Crippen LogP contribution in [0.15, 0.2) is 28.7 Å². The van der Waals surface area contributed by atoms with Crippen LogP contribution in [0.25, 0.3) is 11.5 Å². The molecule has 9 heteroatoms. The third-order valence-electron chi connectivity index (χ3n) is 6.06. The van der Waals surface area contributed by atoms with Crippen molar-refractivity contribution in [2.45, 2.75) is 45.1 Å². The van der Waals surface area contributed by atoms with Gasteiger partial charge in [-0.1, -0.05) is 19.3 Å². The van der Waals surface area contributed by atoms with Gasteiger partial charge in [0.1, 0.15) is 0 Å². The van der Waals surface area contributed by atoms with Gasteiger partial charge in [-0.3, -0.25) is 19.8 Å². The molecule has 2 aromatic rings. The number of carbonyl (C=O) groups excluding carboxylic acids is 1. The molecule has 4 rings (SSSR count). The summed E-state index contributed by atoms with van der Waals surface area (Å²) in [6.07, 6.45) is 6.92. The summed E-state index contributed by atoms with van der Waals surface area (Å²) in [4.78, 5) is 27.1. The molecule has 1 aliphatic carbocycles. The van der Waals surface area contributed by atoms with E-state index in [-0.39, 0.29) is 5.69 Å². The van der Waals surface area contributed by atoms with Gasteiger partial charge in [-0.2, -0.15) is 0 Å². The first-order valence-electron chi connectivity index (χ1n) is 10.7. The number of benzene rings is 1. The first-order valence-corrected chi connectivity index (χ1v) is 10.7. The van der Waals surface area contributed by atoms with Crippen molar-refractivity contribution in [1.29, 1.82) is 0 Å². The van der Waals surface area contributed by atoms with E-state index >= 15 is 0 Å². The lowest BCUT2D eigenvalue weighted by atomic mass is 9.86. The largest absolute Gasteiger partial charge is 0.419 e. The van der Waals surface area contributed by atoms with E-state index in [1.807, 2.05) is 4.90 Å². The molecule has 1 aromatic heterocycles. The van der Waals surface area contributed by atoms with Crippen molar-refractivity contribution in [1.82, 2.24) is 20.0 Å². The molecule has 9 nitrogen and oxygen atoms in total. The third-order valence-corrected chi connectivity index (χ3v) is 6.06. The topological polar surface area (TPSA) is 106 Å². The van der Waals surface area contributed by atoms with Crippen LogP contribution in [0.3, 0.4) is 0 Å². The molecule has 2 heterocycles. The normalized spacial score (nSPS) is 18.5. The van der Waals surface area contributed by atoms with E-state index in [1.54, 1.807) is 12.1 Å². The van der Waals surface area contributed by atoms with Gasteiger partial charge in [0.05, 0.1) is 11.5 Å². The average Bonchev–Trinajstić information content (AvgIpc) is 3.23. The number of piperazine rings is 1. The van der Waals surface area contributed by atoms with Gasteiger partial charge < -0.3 is 9.32 Å². The Balaban J connectivity index is 1.26. The van der Waals surface area contributed by atoms with Gasteiger partial charge >= 0.3 is 0 Å². The fourth-order valence-electron chi connectivity index (χ4n) is 4.27. The van der Waals surface area contributed by atoms with E-state index in [2.05, 4.69) is 15.1 Å². The number of amides is 1. The monoisotopic (exact) mass is 413 g/mol. The Morgan fingerprint density at radius 3 is 2.43 bits per heavy atom. The summed E-state index contributed by atoms with van der Waals surface area (Å²) in [6, 6.07) is 6.05. The average molecular weight is 413 g/mol. The number of carbonyl (C=O) groups is 1. The van der Waals surface area contributed by atoms with Crippen LogP contribution in [0.2, 0.25) is 0 Å². The maximum atomic E-state index is 12.6. The number of hydrogen-bond acceptors (Lipinski definition) is 7. The summed E-state index contributed by atoms with van der Waals surface area (Å²) >= 11 is 0. The lowest BCUT2D eigenvalue weighted by molar-refractivity contribution is -0.384. The highest BCUT2D eigenvalue weighted by molar-refractivity contribution is 5.76. The number of nitro groups is 1. The molecule has 1 aromatic carbocycles. The number of nitro benzene ring substituents is 1. The van der Waals surface area contributed by atoms with Crippen molar-refractivity contribution >= 4 is 11.6 Å². The summed E-state index contributed by atoms with van der Waals surface area (Å²) in [5.41, 5.74) is 0.673. The van der Waals surface area contributed by atoms with E-state index in [4.69, 9.17) is 4.42 Å². The standard InChI is InChI=1S/C21H27N5O4/c27-20(14-16-4-2-1-3-5-16)25-12-10-24(11-13-25)15-19-22-23-21(30-19)17-6-8-18(9-7-17)26(28)29/h6-9,16H,1-5,10-15H2. The van der Waals surface area contributed by atoms with Crippen LogP contribution in [-0.2, 0) is 11.3 Å². The van der Waals surface area contributed by atoms with Gasteiger partial charge in [-0.15, -0.1) is 10.2 Å². The predicted molar refractivity (Wildman–Crippen MR) is 109 cm³/mol. The molecule has 0 unspecified atom stereocenters. The van der Waals surface area contributed by atoms with Crippen molar-refractivity contribution in [3.63, 3.8) is 0 Å². The molecule has 0 N–H and O–H groups in total. The predicted octanol–water partition coefficient (Wildman–Crippen LogP) is 3.26. The number of hydrogen-bond donors (Lipinski definition) is 0. The number of aromatic nitrogens is 2. The Hall–Kier alpha value is -2.81. The van der Waals surface area contributed by atoms with Crippen LogP contribution in [0, 0.1) is 16.0 Å². The van der Waals surface area contributed by atoms with Crippen LogP contribution in [0.1, 0.15) is 44.4 Å². The van der Waals surface area contributed by atoms with Crippen LogP contribution in [-0.4, -0.2) is 57.0 Å². The molecular weight excluding hydrogens is 386 g/mol. The zero-order chi connectivity index (χ0) is 20.9. The minimum Gasteiger partial charge on any atom is -0.419 e. The maximum Gasteiger partial charge on any atom is 0.269 e. The fourth-order valence-corrected chi connectivity index (χ4v) is 4.27.